The van der Waals surface area contributed by atoms with Gasteiger partial charge in [0.1, 0.15) is 0 Å². The number of likely N-dealkylation sites (tertiary alicyclic amines) is 1. The number of carbonyl (C=O) groups excluding carboxylic acids is 1. The first-order chi connectivity index (χ1) is 7.50. The highest BCUT2D eigenvalue weighted by molar-refractivity contribution is 7.12. The minimum absolute atomic E-state index is 0.0725. The average molecular weight is 238 g/mol. The monoisotopic (exact) mass is 238 g/mol. The fourth-order valence-corrected chi connectivity index (χ4v) is 2.81. The standard InChI is InChI=1S/C12H18N2OS/c1-12(2)6-5-9(13)8-14(12)11(15)10-4-3-7-16-10/h3-4,7,9H,5-6,8,13H2,1-2H3. The molecule has 0 bridgehead atoms. The molecule has 0 aliphatic carbocycles. The molecule has 1 fully saturated rings. The maximum absolute atomic E-state index is 12.3. The van der Waals surface area contributed by atoms with Crippen molar-refractivity contribution in [2.45, 2.75) is 38.3 Å². The van der Waals surface area contributed by atoms with E-state index in [1.165, 1.54) is 11.3 Å². The molecule has 1 amide bonds. The number of thiophene rings is 1. The van der Waals surface area contributed by atoms with Crippen molar-refractivity contribution in [2.24, 2.45) is 5.73 Å². The minimum atomic E-state index is -0.0725. The van der Waals surface area contributed by atoms with Crippen molar-refractivity contribution in [1.82, 2.24) is 4.90 Å². The summed E-state index contributed by atoms with van der Waals surface area (Å²) in [7, 11) is 0. The van der Waals surface area contributed by atoms with Crippen LogP contribution in [0.2, 0.25) is 0 Å². The van der Waals surface area contributed by atoms with Crippen LogP contribution >= 0.6 is 11.3 Å². The van der Waals surface area contributed by atoms with Crippen LogP contribution in [-0.4, -0.2) is 28.9 Å². The Kier molecular flexibility index (Phi) is 3.04. The quantitative estimate of drug-likeness (QED) is 0.814. The van der Waals surface area contributed by atoms with E-state index in [1.54, 1.807) is 0 Å². The zero-order chi connectivity index (χ0) is 11.8. The maximum Gasteiger partial charge on any atom is 0.264 e. The predicted octanol–water partition coefficient (Wildman–Crippen LogP) is 2.09. The number of amides is 1. The normalized spacial score (nSPS) is 24.4. The van der Waals surface area contributed by atoms with Crippen molar-refractivity contribution in [3.63, 3.8) is 0 Å². The molecule has 2 N–H and O–H groups in total. The van der Waals surface area contributed by atoms with Crippen LogP contribution in [0.15, 0.2) is 17.5 Å². The Bertz CT molecular complexity index is 372. The van der Waals surface area contributed by atoms with Crippen molar-refractivity contribution in [2.75, 3.05) is 6.54 Å². The van der Waals surface area contributed by atoms with Gasteiger partial charge in [0, 0.05) is 18.1 Å². The Morgan fingerprint density at radius 2 is 2.38 bits per heavy atom. The fraction of sp³-hybridized carbons (Fsp3) is 0.583. The molecule has 1 atom stereocenters. The largest absolute Gasteiger partial charge is 0.331 e. The van der Waals surface area contributed by atoms with Gasteiger partial charge < -0.3 is 10.6 Å². The van der Waals surface area contributed by atoms with Crippen LogP contribution in [0.3, 0.4) is 0 Å². The third kappa shape index (κ3) is 2.13. The molecule has 1 aromatic heterocycles. The highest BCUT2D eigenvalue weighted by Crippen LogP contribution is 2.29. The van der Waals surface area contributed by atoms with Crippen LogP contribution < -0.4 is 5.73 Å². The van der Waals surface area contributed by atoms with Crippen LogP contribution in [0.1, 0.15) is 36.4 Å². The van der Waals surface area contributed by atoms with Gasteiger partial charge in [-0.3, -0.25) is 4.79 Å². The molecular formula is C12H18N2OS. The van der Waals surface area contributed by atoms with E-state index in [9.17, 15) is 4.79 Å². The number of hydrogen-bond donors (Lipinski definition) is 1. The van der Waals surface area contributed by atoms with E-state index in [2.05, 4.69) is 13.8 Å². The van der Waals surface area contributed by atoms with E-state index in [0.29, 0.717) is 6.54 Å². The summed E-state index contributed by atoms with van der Waals surface area (Å²) in [6, 6.07) is 3.91. The number of carbonyl (C=O) groups is 1. The summed E-state index contributed by atoms with van der Waals surface area (Å²) in [6.45, 7) is 4.90. The molecule has 16 heavy (non-hydrogen) atoms. The van der Waals surface area contributed by atoms with E-state index in [-0.39, 0.29) is 17.5 Å². The second-order valence-electron chi connectivity index (χ2n) is 5.00. The van der Waals surface area contributed by atoms with Crippen molar-refractivity contribution < 1.29 is 4.79 Å². The van der Waals surface area contributed by atoms with Gasteiger partial charge in [0.2, 0.25) is 0 Å². The third-order valence-corrected chi connectivity index (χ3v) is 4.11. The Labute approximate surface area is 100 Å². The van der Waals surface area contributed by atoms with Crippen LogP contribution in [0.4, 0.5) is 0 Å². The molecule has 1 unspecified atom stereocenters. The highest BCUT2D eigenvalue weighted by atomic mass is 32.1. The summed E-state index contributed by atoms with van der Waals surface area (Å²) in [4.78, 5) is 15.0. The lowest BCUT2D eigenvalue weighted by molar-refractivity contribution is 0.0400. The second-order valence-corrected chi connectivity index (χ2v) is 5.95. The first-order valence-electron chi connectivity index (χ1n) is 5.62. The molecule has 0 spiro atoms. The number of nitrogens with two attached hydrogens (primary N) is 1. The number of rotatable bonds is 1. The minimum Gasteiger partial charge on any atom is -0.331 e. The molecule has 0 saturated carbocycles. The Hall–Kier alpha value is -0.870. The van der Waals surface area contributed by atoms with Crippen LogP contribution in [-0.2, 0) is 0 Å². The van der Waals surface area contributed by atoms with E-state index in [1.807, 2.05) is 22.4 Å². The summed E-state index contributed by atoms with van der Waals surface area (Å²) in [5, 5.41) is 1.93. The molecule has 1 aliphatic heterocycles. The van der Waals surface area contributed by atoms with Gasteiger partial charge in [0.25, 0.3) is 5.91 Å². The molecule has 2 heterocycles. The molecule has 1 aromatic rings. The summed E-state index contributed by atoms with van der Waals surface area (Å²) >= 11 is 1.49. The van der Waals surface area contributed by atoms with Crippen molar-refractivity contribution in [1.29, 1.82) is 0 Å². The zero-order valence-corrected chi connectivity index (χ0v) is 10.6. The molecule has 1 aliphatic rings. The topological polar surface area (TPSA) is 46.3 Å². The Morgan fingerprint density at radius 1 is 1.62 bits per heavy atom. The zero-order valence-electron chi connectivity index (χ0n) is 9.77. The lowest BCUT2D eigenvalue weighted by Crippen LogP contribution is -2.56. The van der Waals surface area contributed by atoms with Gasteiger partial charge in [-0.2, -0.15) is 0 Å². The summed E-state index contributed by atoms with van der Waals surface area (Å²) in [5.41, 5.74) is 5.87. The molecule has 1 saturated heterocycles. The first kappa shape index (κ1) is 11.6. The fourth-order valence-electron chi connectivity index (χ4n) is 2.14. The summed E-state index contributed by atoms with van der Waals surface area (Å²) in [6.07, 6.45) is 1.98. The van der Waals surface area contributed by atoms with Crippen molar-refractivity contribution in [3.8, 4) is 0 Å². The SMILES string of the molecule is CC1(C)CCC(N)CN1C(=O)c1cccs1. The second kappa shape index (κ2) is 4.18. The molecule has 0 radical (unpaired) electrons. The Morgan fingerprint density at radius 3 is 3.00 bits per heavy atom. The van der Waals surface area contributed by atoms with Gasteiger partial charge in [0.15, 0.2) is 0 Å². The van der Waals surface area contributed by atoms with Crippen LogP contribution in [0, 0.1) is 0 Å². The number of hydrogen-bond acceptors (Lipinski definition) is 3. The van der Waals surface area contributed by atoms with E-state index in [4.69, 9.17) is 5.73 Å². The summed E-state index contributed by atoms with van der Waals surface area (Å²) < 4.78 is 0. The first-order valence-corrected chi connectivity index (χ1v) is 6.50. The molecular weight excluding hydrogens is 220 g/mol. The summed E-state index contributed by atoms with van der Waals surface area (Å²) in [5.74, 6) is 0.121. The van der Waals surface area contributed by atoms with Crippen molar-refractivity contribution >= 4 is 17.2 Å². The van der Waals surface area contributed by atoms with Crippen LogP contribution in [0.25, 0.3) is 0 Å². The Balaban J connectivity index is 2.21. The smallest absolute Gasteiger partial charge is 0.264 e. The molecule has 0 aromatic carbocycles. The highest BCUT2D eigenvalue weighted by Gasteiger charge is 2.36. The third-order valence-electron chi connectivity index (χ3n) is 3.25. The van der Waals surface area contributed by atoms with Crippen molar-refractivity contribution in [3.05, 3.63) is 22.4 Å². The lowest BCUT2D eigenvalue weighted by Gasteiger charge is -2.44. The van der Waals surface area contributed by atoms with Gasteiger partial charge in [-0.25, -0.2) is 0 Å². The van der Waals surface area contributed by atoms with E-state index < -0.39 is 0 Å². The lowest BCUT2D eigenvalue weighted by atomic mass is 9.88. The number of nitrogens with zero attached hydrogens (tertiary/aromatic N) is 1. The van der Waals surface area contributed by atoms with Gasteiger partial charge >= 0.3 is 0 Å². The van der Waals surface area contributed by atoms with Gasteiger partial charge in [-0.05, 0) is 38.1 Å². The molecule has 2 rings (SSSR count). The van der Waals surface area contributed by atoms with Crippen LogP contribution in [0.5, 0.6) is 0 Å². The van der Waals surface area contributed by atoms with E-state index >= 15 is 0 Å². The maximum atomic E-state index is 12.3. The molecule has 3 nitrogen and oxygen atoms in total. The predicted molar refractivity (Wildman–Crippen MR) is 66.6 cm³/mol. The van der Waals surface area contributed by atoms with E-state index in [0.717, 1.165) is 17.7 Å². The van der Waals surface area contributed by atoms with Gasteiger partial charge in [-0.1, -0.05) is 6.07 Å². The van der Waals surface area contributed by atoms with Gasteiger partial charge in [-0.15, -0.1) is 11.3 Å². The molecule has 88 valence electrons. The average Bonchev–Trinajstić information content (AvgIpc) is 2.74. The van der Waals surface area contributed by atoms with Gasteiger partial charge in [0.05, 0.1) is 4.88 Å². The number of piperidine rings is 1. The molecule has 4 heteroatoms.